The van der Waals surface area contributed by atoms with Crippen LogP contribution in [0, 0.1) is 6.92 Å². The van der Waals surface area contributed by atoms with Gasteiger partial charge in [0.25, 0.3) is 5.56 Å². The van der Waals surface area contributed by atoms with Gasteiger partial charge in [0.15, 0.2) is 0 Å². The number of nitrogens with one attached hydrogen (secondary N) is 2. The van der Waals surface area contributed by atoms with Crippen molar-refractivity contribution in [3.63, 3.8) is 0 Å². The molecule has 1 aliphatic heterocycles. The third-order valence-corrected chi connectivity index (χ3v) is 3.26. The minimum absolute atomic E-state index is 0.100. The molecule has 0 saturated carbocycles. The number of aromatic nitrogens is 2. The van der Waals surface area contributed by atoms with Gasteiger partial charge >= 0.3 is 5.69 Å². The van der Waals surface area contributed by atoms with E-state index >= 15 is 0 Å². The Morgan fingerprint density at radius 1 is 1.37 bits per heavy atom. The molecule has 0 spiro atoms. The van der Waals surface area contributed by atoms with Crippen LogP contribution in [0.25, 0.3) is 0 Å². The summed E-state index contributed by atoms with van der Waals surface area (Å²) in [5.41, 5.74) is -0.889. The van der Waals surface area contributed by atoms with Crippen molar-refractivity contribution in [3.8, 4) is 0 Å². The number of β-amino-alcohol motifs (C(OH)–C–C–N with tert-alkyl or cyclic N) is 1. The number of H-pyrrole nitrogens is 2. The number of hydrogen-bond acceptors (Lipinski definition) is 4. The van der Waals surface area contributed by atoms with E-state index in [9.17, 15) is 19.5 Å². The largest absolute Gasteiger partial charge is 0.386 e. The molecule has 0 bridgehead atoms. The van der Waals surface area contributed by atoms with Crippen LogP contribution in [-0.2, 0) is 11.2 Å². The smallest absolute Gasteiger partial charge is 0.325 e. The van der Waals surface area contributed by atoms with Gasteiger partial charge in [-0.05, 0) is 20.3 Å². The van der Waals surface area contributed by atoms with Gasteiger partial charge in [-0.25, -0.2) is 4.79 Å². The van der Waals surface area contributed by atoms with Crippen LogP contribution in [0.1, 0.15) is 24.6 Å². The van der Waals surface area contributed by atoms with Crippen molar-refractivity contribution in [2.75, 3.05) is 13.1 Å². The lowest BCUT2D eigenvalue weighted by molar-refractivity contribution is -0.152. The Labute approximate surface area is 109 Å². The molecule has 104 valence electrons. The standard InChI is InChI=1S/C12H17N3O4/c1-7-8(10(17)14-11(18)13-7)3-4-9(16)15-5-12(2,19)6-15/h19H,3-6H2,1-2H3,(H2,13,14,17,18). The van der Waals surface area contributed by atoms with Crippen LogP contribution in [0.5, 0.6) is 0 Å². The molecule has 7 nitrogen and oxygen atoms in total. The molecule has 7 heteroatoms. The predicted molar refractivity (Wildman–Crippen MR) is 67.9 cm³/mol. The van der Waals surface area contributed by atoms with E-state index in [4.69, 9.17) is 0 Å². The molecule has 1 aromatic heterocycles. The van der Waals surface area contributed by atoms with Gasteiger partial charge in [-0.2, -0.15) is 0 Å². The van der Waals surface area contributed by atoms with E-state index in [1.165, 1.54) is 0 Å². The molecule has 1 amide bonds. The number of rotatable bonds is 3. The molecule has 1 saturated heterocycles. The summed E-state index contributed by atoms with van der Waals surface area (Å²) in [6.07, 6.45) is 0.460. The Hall–Kier alpha value is -1.89. The lowest BCUT2D eigenvalue weighted by Gasteiger charge is -2.44. The number of aryl methyl sites for hydroxylation is 1. The highest BCUT2D eigenvalue weighted by Gasteiger charge is 2.38. The second kappa shape index (κ2) is 4.65. The van der Waals surface area contributed by atoms with Crippen molar-refractivity contribution in [1.82, 2.24) is 14.9 Å². The SMILES string of the molecule is Cc1[nH]c(=O)[nH]c(=O)c1CCC(=O)N1CC(C)(O)C1. The van der Waals surface area contributed by atoms with Crippen molar-refractivity contribution in [2.24, 2.45) is 0 Å². The van der Waals surface area contributed by atoms with Gasteiger partial charge in [0.2, 0.25) is 5.91 Å². The fraction of sp³-hybridized carbons (Fsp3) is 0.583. The predicted octanol–water partition coefficient (Wildman–Crippen LogP) is -1.10. The number of nitrogens with zero attached hydrogens (tertiary/aromatic N) is 1. The van der Waals surface area contributed by atoms with E-state index in [1.807, 2.05) is 0 Å². The third-order valence-electron chi connectivity index (χ3n) is 3.26. The molecular formula is C12H17N3O4. The first-order valence-corrected chi connectivity index (χ1v) is 6.11. The summed E-state index contributed by atoms with van der Waals surface area (Å²) in [4.78, 5) is 40.6. The van der Waals surface area contributed by atoms with E-state index in [0.29, 0.717) is 24.3 Å². The third kappa shape index (κ3) is 2.93. The minimum atomic E-state index is -0.791. The molecule has 1 aromatic rings. The molecule has 19 heavy (non-hydrogen) atoms. The average molecular weight is 267 g/mol. The Kier molecular flexibility index (Phi) is 3.32. The molecule has 1 fully saturated rings. The first kappa shape index (κ1) is 13.5. The molecule has 3 N–H and O–H groups in total. The van der Waals surface area contributed by atoms with E-state index in [0.717, 1.165) is 0 Å². The summed E-state index contributed by atoms with van der Waals surface area (Å²) in [6, 6.07) is 0. The monoisotopic (exact) mass is 267 g/mol. The van der Waals surface area contributed by atoms with Crippen LogP contribution in [0.3, 0.4) is 0 Å². The lowest BCUT2D eigenvalue weighted by Crippen LogP contribution is -2.61. The summed E-state index contributed by atoms with van der Waals surface area (Å²) < 4.78 is 0. The molecule has 2 heterocycles. The highest BCUT2D eigenvalue weighted by molar-refractivity contribution is 5.77. The summed E-state index contributed by atoms with van der Waals surface area (Å²) in [5.74, 6) is -0.100. The molecule has 0 aromatic carbocycles. The Morgan fingerprint density at radius 3 is 2.53 bits per heavy atom. The van der Waals surface area contributed by atoms with E-state index in [2.05, 4.69) is 9.97 Å². The quantitative estimate of drug-likeness (QED) is 0.646. The summed E-state index contributed by atoms with van der Waals surface area (Å²) in [6.45, 7) is 3.96. The van der Waals surface area contributed by atoms with Crippen LogP contribution < -0.4 is 11.2 Å². The fourth-order valence-electron chi connectivity index (χ4n) is 2.27. The van der Waals surface area contributed by atoms with Crippen molar-refractivity contribution in [2.45, 2.75) is 32.3 Å². The van der Waals surface area contributed by atoms with Crippen molar-refractivity contribution < 1.29 is 9.90 Å². The maximum atomic E-state index is 11.8. The van der Waals surface area contributed by atoms with Gasteiger partial charge < -0.3 is 15.0 Å². The van der Waals surface area contributed by atoms with Gasteiger partial charge in [-0.3, -0.25) is 14.6 Å². The van der Waals surface area contributed by atoms with Crippen molar-refractivity contribution in [3.05, 3.63) is 32.1 Å². The molecule has 0 atom stereocenters. The van der Waals surface area contributed by atoms with Gasteiger partial charge in [0, 0.05) is 17.7 Å². The zero-order valence-electron chi connectivity index (χ0n) is 10.9. The zero-order chi connectivity index (χ0) is 14.2. The Morgan fingerprint density at radius 2 is 2.00 bits per heavy atom. The molecule has 0 aliphatic carbocycles. The molecule has 2 rings (SSSR count). The Balaban J connectivity index is 1.99. The first-order chi connectivity index (χ1) is 8.78. The second-order valence-electron chi connectivity index (χ2n) is 5.26. The highest BCUT2D eigenvalue weighted by atomic mass is 16.3. The van der Waals surface area contributed by atoms with Crippen LogP contribution in [0.2, 0.25) is 0 Å². The number of aromatic amines is 2. The van der Waals surface area contributed by atoms with Crippen LogP contribution >= 0.6 is 0 Å². The van der Waals surface area contributed by atoms with Crippen molar-refractivity contribution >= 4 is 5.91 Å². The zero-order valence-corrected chi connectivity index (χ0v) is 10.9. The fourth-order valence-corrected chi connectivity index (χ4v) is 2.27. The van der Waals surface area contributed by atoms with E-state index in [-0.39, 0.29) is 18.7 Å². The maximum Gasteiger partial charge on any atom is 0.325 e. The topological polar surface area (TPSA) is 106 Å². The summed E-state index contributed by atoms with van der Waals surface area (Å²) in [7, 11) is 0. The van der Waals surface area contributed by atoms with Crippen LogP contribution in [0.4, 0.5) is 0 Å². The second-order valence-corrected chi connectivity index (χ2v) is 5.26. The Bertz CT molecular complexity index is 606. The number of hydrogen-bond donors (Lipinski definition) is 3. The van der Waals surface area contributed by atoms with Gasteiger partial charge in [-0.15, -0.1) is 0 Å². The number of carbonyl (C=O) groups excluding carboxylic acids is 1. The van der Waals surface area contributed by atoms with E-state index in [1.54, 1.807) is 18.7 Å². The number of carbonyl (C=O) groups is 1. The van der Waals surface area contributed by atoms with Crippen LogP contribution in [0.15, 0.2) is 9.59 Å². The first-order valence-electron chi connectivity index (χ1n) is 6.11. The molecule has 0 radical (unpaired) electrons. The number of aliphatic hydroxyl groups is 1. The minimum Gasteiger partial charge on any atom is -0.386 e. The normalized spacial score (nSPS) is 17.1. The average Bonchev–Trinajstić information content (AvgIpc) is 2.23. The van der Waals surface area contributed by atoms with Crippen molar-refractivity contribution in [1.29, 1.82) is 0 Å². The van der Waals surface area contributed by atoms with E-state index < -0.39 is 16.9 Å². The van der Waals surface area contributed by atoms with Crippen LogP contribution in [-0.4, -0.2) is 44.6 Å². The highest BCUT2D eigenvalue weighted by Crippen LogP contribution is 2.20. The number of likely N-dealkylation sites (tertiary alicyclic amines) is 1. The molecule has 0 unspecified atom stereocenters. The molecular weight excluding hydrogens is 250 g/mol. The number of amides is 1. The lowest BCUT2D eigenvalue weighted by atomic mass is 9.96. The van der Waals surface area contributed by atoms with Gasteiger partial charge in [-0.1, -0.05) is 0 Å². The van der Waals surface area contributed by atoms with Gasteiger partial charge in [0.05, 0.1) is 18.7 Å². The van der Waals surface area contributed by atoms with Gasteiger partial charge in [0.1, 0.15) is 0 Å². The summed E-state index contributed by atoms with van der Waals surface area (Å²) in [5, 5.41) is 9.55. The maximum absolute atomic E-state index is 11.8. The summed E-state index contributed by atoms with van der Waals surface area (Å²) >= 11 is 0. The molecule has 1 aliphatic rings.